The highest BCUT2D eigenvalue weighted by atomic mass is 35.5. The molecule has 0 aliphatic carbocycles. The number of hydrogen-bond acceptors (Lipinski definition) is 5. The molecule has 2 aromatic heterocycles. The lowest BCUT2D eigenvalue weighted by Gasteiger charge is -2.04. The molecular formula is C17H18Cl2N6O. The van der Waals surface area contributed by atoms with Crippen molar-refractivity contribution in [2.45, 2.75) is 6.54 Å². The van der Waals surface area contributed by atoms with Gasteiger partial charge in [-0.25, -0.2) is 9.25 Å². The molecule has 3 rings (SSSR count). The molecule has 0 radical (unpaired) electrons. The Kier molecular flexibility index (Phi) is 6.54. The largest absolute Gasteiger partial charge is 1.00 e. The second kappa shape index (κ2) is 8.64. The predicted octanol–water partition coefficient (Wildman–Crippen LogP) is 0.420. The molecule has 136 valence electrons. The van der Waals surface area contributed by atoms with Gasteiger partial charge in [0.25, 0.3) is 0 Å². The molecule has 3 aromatic rings. The summed E-state index contributed by atoms with van der Waals surface area (Å²) in [5, 5.41) is 13.2. The fraction of sp³-hybridized carbons (Fsp3) is 0.176. The number of hydrogen-bond donors (Lipinski definition) is 1. The molecule has 0 unspecified atom stereocenters. The number of aromatic nitrogens is 3. The van der Waals surface area contributed by atoms with Crippen molar-refractivity contribution in [2.75, 3.05) is 12.8 Å². The van der Waals surface area contributed by atoms with Crippen LogP contribution in [0, 0.1) is 0 Å². The first-order valence-electron chi connectivity index (χ1n) is 7.57. The number of aryl methyl sites for hydroxylation is 1. The Balaban J connectivity index is 0.00000243. The predicted molar refractivity (Wildman–Crippen MR) is 95.5 cm³/mol. The first kappa shape index (κ1) is 19.7. The van der Waals surface area contributed by atoms with Gasteiger partial charge in [0.15, 0.2) is 12.4 Å². The van der Waals surface area contributed by atoms with Crippen molar-refractivity contribution >= 4 is 28.8 Å². The van der Waals surface area contributed by atoms with E-state index in [-0.39, 0.29) is 12.4 Å². The van der Waals surface area contributed by atoms with Crippen LogP contribution >= 0.6 is 11.6 Å². The van der Waals surface area contributed by atoms with E-state index in [9.17, 15) is 0 Å². The average molecular weight is 393 g/mol. The molecule has 0 saturated heterocycles. The van der Waals surface area contributed by atoms with Crippen molar-refractivity contribution in [2.24, 2.45) is 17.3 Å². The maximum absolute atomic E-state index is 6.14. The lowest BCUT2D eigenvalue weighted by molar-refractivity contribution is -0.671. The molecule has 1 aromatic carbocycles. The SMILES string of the molecule is COc1ccc(Cl)cc1N=Nc1cnn(Cc2ccc[n+](C)c2)c1N.[Cl-]. The van der Waals surface area contributed by atoms with Gasteiger partial charge in [-0.15, -0.1) is 10.2 Å². The zero-order chi connectivity index (χ0) is 17.8. The quantitative estimate of drug-likeness (QED) is 0.504. The van der Waals surface area contributed by atoms with E-state index in [1.54, 1.807) is 36.2 Å². The van der Waals surface area contributed by atoms with E-state index in [4.69, 9.17) is 22.1 Å². The van der Waals surface area contributed by atoms with Gasteiger partial charge in [-0.05, 0) is 24.3 Å². The van der Waals surface area contributed by atoms with E-state index >= 15 is 0 Å². The van der Waals surface area contributed by atoms with Crippen LogP contribution < -0.4 is 27.4 Å². The molecule has 7 nitrogen and oxygen atoms in total. The Labute approximate surface area is 162 Å². The number of nitrogen functional groups attached to an aromatic ring is 1. The van der Waals surface area contributed by atoms with E-state index in [1.165, 1.54) is 0 Å². The number of benzene rings is 1. The summed E-state index contributed by atoms with van der Waals surface area (Å²) in [6.45, 7) is 0.552. The molecule has 0 amide bonds. The zero-order valence-electron chi connectivity index (χ0n) is 14.3. The van der Waals surface area contributed by atoms with Gasteiger partial charge < -0.3 is 22.9 Å². The van der Waals surface area contributed by atoms with Crippen LogP contribution in [-0.2, 0) is 13.6 Å². The normalized spacial score (nSPS) is 10.7. The molecule has 2 heterocycles. The Bertz CT molecular complexity index is 925. The van der Waals surface area contributed by atoms with Gasteiger partial charge in [-0.1, -0.05) is 11.6 Å². The third-order valence-corrected chi connectivity index (χ3v) is 3.83. The molecule has 2 N–H and O–H groups in total. The number of rotatable bonds is 5. The molecule has 0 aliphatic rings. The molecule has 0 aliphatic heterocycles. The third-order valence-electron chi connectivity index (χ3n) is 3.60. The highest BCUT2D eigenvalue weighted by molar-refractivity contribution is 6.30. The number of nitrogens with zero attached hydrogens (tertiary/aromatic N) is 5. The highest BCUT2D eigenvalue weighted by Gasteiger charge is 2.10. The van der Waals surface area contributed by atoms with Gasteiger partial charge in [0.05, 0.1) is 19.9 Å². The number of azo groups is 1. The minimum atomic E-state index is 0. The first-order chi connectivity index (χ1) is 12.1. The lowest BCUT2D eigenvalue weighted by atomic mass is 10.3. The number of ether oxygens (including phenoxy) is 1. The van der Waals surface area contributed by atoms with Crippen LogP contribution in [0.15, 0.2) is 59.2 Å². The Morgan fingerprint density at radius 2 is 2.04 bits per heavy atom. The van der Waals surface area contributed by atoms with Crippen molar-refractivity contribution in [1.82, 2.24) is 9.78 Å². The Morgan fingerprint density at radius 3 is 2.77 bits per heavy atom. The highest BCUT2D eigenvalue weighted by Crippen LogP contribution is 2.32. The van der Waals surface area contributed by atoms with E-state index in [0.717, 1.165) is 5.56 Å². The zero-order valence-corrected chi connectivity index (χ0v) is 15.8. The number of pyridine rings is 1. The van der Waals surface area contributed by atoms with Crippen molar-refractivity contribution in [1.29, 1.82) is 0 Å². The van der Waals surface area contributed by atoms with Crippen molar-refractivity contribution in [3.63, 3.8) is 0 Å². The molecule has 26 heavy (non-hydrogen) atoms. The number of anilines is 1. The van der Waals surface area contributed by atoms with Crippen molar-refractivity contribution in [3.8, 4) is 5.75 Å². The second-order valence-electron chi connectivity index (χ2n) is 5.47. The summed E-state index contributed by atoms with van der Waals surface area (Å²) < 4.78 is 8.90. The van der Waals surface area contributed by atoms with E-state index in [0.29, 0.717) is 34.5 Å². The van der Waals surface area contributed by atoms with Crippen LogP contribution in [0.25, 0.3) is 0 Å². The van der Waals surface area contributed by atoms with Gasteiger partial charge in [0.2, 0.25) is 0 Å². The maximum atomic E-state index is 6.14. The number of nitrogens with two attached hydrogens (primary N) is 1. The minimum Gasteiger partial charge on any atom is -1.00 e. The lowest BCUT2D eigenvalue weighted by Crippen LogP contribution is -3.00. The molecule has 0 saturated carbocycles. The van der Waals surface area contributed by atoms with Crippen LogP contribution in [0.2, 0.25) is 5.02 Å². The van der Waals surface area contributed by atoms with Crippen LogP contribution in [0.4, 0.5) is 17.2 Å². The van der Waals surface area contributed by atoms with Crippen LogP contribution in [0.1, 0.15) is 5.56 Å². The van der Waals surface area contributed by atoms with Gasteiger partial charge in [0.1, 0.15) is 30.0 Å². The van der Waals surface area contributed by atoms with Crippen molar-refractivity contribution in [3.05, 3.63) is 59.5 Å². The molecule has 0 atom stereocenters. The summed E-state index contributed by atoms with van der Waals surface area (Å²) in [6, 6.07) is 9.12. The van der Waals surface area contributed by atoms with E-state index in [2.05, 4.69) is 15.3 Å². The summed E-state index contributed by atoms with van der Waals surface area (Å²) in [5.41, 5.74) is 8.23. The van der Waals surface area contributed by atoms with Gasteiger partial charge in [-0.2, -0.15) is 5.10 Å². The monoisotopic (exact) mass is 392 g/mol. The van der Waals surface area contributed by atoms with Crippen LogP contribution in [-0.4, -0.2) is 16.9 Å². The summed E-state index contributed by atoms with van der Waals surface area (Å²) in [6.07, 6.45) is 5.56. The fourth-order valence-electron chi connectivity index (χ4n) is 2.35. The third kappa shape index (κ3) is 4.50. The summed E-state index contributed by atoms with van der Waals surface area (Å²) in [4.78, 5) is 0. The average Bonchev–Trinajstić information content (AvgIpc) is 2.93. The Morgan fingerprint density at radius 1 is 1.27 bits per heavy atom. The van der Waals surface area contributed by atoms with Crippen LogP contribution in [0.5, 0.6) is 5.75 Å². The van der Waals surface area contributed by atoms with Gasteiger partial charge >= 0.3 is 0 Å². The smallest absolute Gasteiger partial charge is 0.173 e. The Hall–Kier alpha value is -2.64. The summed E-state index contributed by atoms with van der Waals surface area (Å²) in [5.74, 6) is 1.02. The molecule has 0 fully saturated rings. The van der Waals surface area contributed by atoms with Crippen molar-refractivity contribution < 1.29 is 21.7 Å². The molecular weight excluding hydrogens is 375 g/mol. The maximum Gasteiger partial charge on any atom is 0.173 e. The second-order valence-corrected chi connectivity index (χ2v) is 5.90. The number of halogens is 2. The molecule has 9 heteroatoms. The van der Waals surface area contributed by atoms with E-state index < -0.39 is 0 Å². The summed E-state index contributed by atoms with van der Waals surface area (Å²) in [7, 11) is 3.53. The fourth-order valence-corrected chi connectivity index (χ4v) is 2.52. The van der Waals surface area contributed by atoms with Gasteiger partial charge in [-0.3, -0.25) is 0 Å². The molecule has 0 spiro atoms. The topological polar surface area (TPSA) is 81.7 Å². The van der Waals surface area contributed by atoms with E-state index in [1.807, 2.05) is 36.1 Å². The minimum absolute atomic E-state index is 0. The van der Waals surface area contributed by atoms with Crippen LogP contribution in [0.3, 0.4) is 0 Å². The van der Waals surface area contributed by atoms with Gasteiger partial charge in [0, 0.05) is 16.7 Å². The first-order valence-corrected chi connectivity index (χ1v) is 7.95. The molecule has 0 bridgehead atoms. The number of methoxy groups -OCH3 is 1. The standard InChI is InChI=1S/C17H18ClN6O.ClH/c1-23-7-3-4-12(10-23)11-24-17(19)15(9-20-24)22-21-14-8-13(18)5-6-16(14)25-2;/h3-10H,11,19H2,1-2H3;1H/q+1;/p-1. The summed E-state index contributed by atoms with van der Waals surface area (Å²) >= 11 is 5.99.